The number of sulfonamides is 1. The highest BCUT2D eigenvalue weighted by Gasteiger charge is 2.28. The van der Waals surface area contributed by atoms with Crippen molar-refractivity contribution in [2.45, 2.75) is 33.7 Å². The minimum Gasteiger partial charge on any atom is -0.321 e. The number of amides is 1. The predicted molar refractivity (Wildman–Crippen MR) is 117 cm³/mol. The third-order valence-electron chi connectivity index (χ3n) is 4.88. The molecule has 0 atom stereocenters. The number of carbonyl (C=O) groups is 1. The zero-order valence-corrected chi connectivity index (χ0v) is 18.3. The molecule has 0 spiro atoms. The van der Waals surface area contributed by atoms with Crippen LogP contribution in [0, 0.1) is 12.8 Å². The van der Waals surface area contributed by atoms with Crippen molar-refractivity contribution in [3.05, 3.63) is 40.9 Å². The summed E-state index contributed by atoms with van der Waals surface area (Å²) in [6.07, 6.45) is 0.639. The lowest BCUT2D eigenvalue weighted by Crippen LogP contribution is -2.24. The number of benzene rings is 1. The Morgan fingerprint density at radius 1 is 1.28 bits per heavy atom. The van der Waals surface area contributed by atoms with Crippen LogP contribution in [-0.2, 0) is 16.6 Å². The summed E-state index contributed by atoms with van der Waals surface area (Å²) in [5.41, 5.74) is 2.19. The van der Waals surface area contributed by atoms with E-state index in [1.165, 1.54) is 15.6 Å². The lowest BCUT2D eigenvalue weighted by atomic mass is 10.2. The molecule has 1 saturated heterocycles. The van der Waals surface area contributed by atoms with E-state index in [4.69, 9.17) is 0 Å². The van der Waals surface area contributed by atoms with Crippen LogP contribution < -0.4 is 9.62 Å². The van der Waals surface area contributed by atoms with Crippen molar-refractivity contribution < 1.29 is 13.2 Å². The monoisotopic (exact) mass is 432 g/mol. The molecule has 0 unspecified atom stereocenters. The van der Waals surface area contributed by atoms with E-state index in [9.17, 15) is 13.2 Å². The van der Waals surface area contributed by atoms with Gasteiger partial charge in [0.1, 0.15) is 4.83 Å². The lowest BCUT2D eigenvalue weighted by molar-refractivity contribution is 0.103. The van der Waals surface area contributed by atoms with Crippen molar-refractivity contribution >= 4 is 48.9 Å². The van der Waals surface area contributed by atoms with Gasteiger partial charge >= 0.3 is 0 Å². The molecule has 0 radical (unpaired) electrons. The highest BCUT2D eigenvalue weighted by Crippen LogP contribution is 2.30. The van der Waals surface area contributed by atoms with Crippen LogP contribution >= 0.6 is 11.3 Å². The summed E-state index contributed by atoms with van der Waals surface area (Å²) in [6, 6.07) is 8.82. The summed E-state index contributed by atoms with van der Waals surface area (Å²) in [5, 5.41) is 8.49. The number of nitrogens with zero attached hydrogens (tertiary/aromatic N) is 3. The molecule has 0 saturated carbocycles. The summed E-state index contributed by atoms with van der Waals surface area (Å²) in [6.45, 7) is 7.55. The van der Waals surface area contributed by atoms with E-state index in [1.807, 2.05) is 17.7 Å². The number of rotatable bonds is 5. The van der Waals surface area contributed by atoms with Gasteiger partial charge in [-0.25, -0.2) is 8.42 Å². The predicted octanol–water partition coefficient (Wildman–Crippen LogP) is 3.85. The lowest BCUT2D eigenvalue weighted by Gasteiger charge is -2.17. The average molecular weight is 433 g/mol. The molecule has 3 aromatic rings. The van der Waals surface area contributed by atoms with E-state index in [0.29, 0.717) is 35.1 Å². The molecule has 3 heterocycles. The summed E-state index contributed by atoms with van der Waals surface area (Å²) in [7, 11) is -3.21. The molecule has 9 heteroatoms. The Hall–Kier alpha value is -2.39. The summed E-state index contributed by atoms with van der Waals surface area (Å²) in [4.78, 5) is 14.4. The van der Waals surface area contributed by atoms with Crippen LogP contribution in [0.1, 0.15) is 35.6 Å². The molecule has 0 aliphatic carbocycles. The first kappa shape index (κ1) is 19.9. The standard InChI is InChI=1S/C20H24N4O3S2/c1-13(2)12-23-20-17(14(3)22-23)11-18(28-20)19(25)21-15-5-7-16(8-6-15)24-9-4-10-29(24,26)27/h5-8,11,13H,4,9-10,12H2,1-3H3,(H,21,25). The topological polar surface area (TPSA) is 84.3 Å². The molecule has 1 amide bonds. The number of fused-ring (bicyclic) bond motifs is 1. The van der Waals surface area contributed by atoms with E-state index in [-0.39, 0.29) is 11.7 Å². The van der Waals surface area contributed by atoms with Gasteiger partial charge in [-0.3, -0.25) is 13.8 Å². The smallest absolute Gasteiger partial charge is 0.265 e. The van der Waals surface area contributed by atoms with Gasteiger partial charge in [0.2, 0.25) is 10.0 Å². The maximum atomic E-state index is 12.7. The first-order valence-electron chi connectivity index (χ1n) is 9.63. The Balaban J connectivity index is 1.52. The Morgan fingerprint density at radius 3 is 2.62 bits per heavy atom. The van der Waals surface area contributed by atoms with Gasteiger partial charge in [-0.15, -0.1) is 11.3 Å². The van der Waals surface area contributed by atoms with Crippen molar-refractivity contribution in [2.24, 2.45) is 5.92 Å². The summed E-state index contributed by atoms with van der Waals surface area (Å²) in [5.74, 6) is 0.475. The van der Waals surface area contributed by atoms with Crippen molar-refractivity contribution in [1.82, 2.24) is 9.78 Å². The van der Waals surface area contributed by atoms with Crippen molar-refractivity contribution in [1.29, 1.82) is 0 Å². The third-order valence-corrected chi connectivity index (χ3v) is 7.90. The maximum absolute atomic E-state index is 12.7. The van der Waals surface area contributed by atoms with Crippen LogP contribution in [0.25, 0.3) is 10.2 Å². The molecule has 29 heavy (non-hydrogen) atoms. The number of aryl methyl sites for hydroxylation is 1. The van der Waals surface area contributed by atoms with Gasteiger partial charge in [-0.05, 0) is 49.6 Å². The molecule has 1 N–H and O–H groups in total. The van der Waals surface area contributed by atoms with Crippen LogP contribution in [0.15, 0.2) is 30.3 Å². The fraction of sp³-hybridized carbons (Fsp3) is 0.400. The van der Waals surface area contributed by atoms with Gasteiger partial charge in [-0.1, -0.05) is 13.8 Å². The number of hydrogen-bond donors (Lipinski definition) is 1. The molecule has 2 aromatic heterocycles. The van der Waals surface area contributed by atoms with Crippen LogP contribution in [0.3, 0.4) is 0 Å². The molecule has 1 aromatic carbocycles. The molecule has 7 nitrogen and oxygen atoms in total. The van der Waals surface area contributed by atoms with Gasteiger partial charge in [0.25, 0.3) is 5.91 Å². The normalized spacial score (nSPS) is 16.1. The zero-order valence-electron chi connectivity index (χ0n) is 16.7. The number of thiophene rings is 1. The van der Waals surface area contributed by atoms with E-state index >= 15 is 0 Å². The van der Waals surface area contributed by atoms with Crippen LogP contribution in [0.5, 0.6) is 0 Å². The zero-order chi connectivity index (χ0) is 20.8. The van der Waals surface area contributed by atoms with Gasteiger partial charge in [0.05, 0.1) is 22.0 Å². The van der Waals surface area contributed by atoms with Gasteiger partial charge < -0.3 is 5.32 Å². The second kappa shape index (κ2) is 7.46. The molecule has 154 valence electrons. The molecular formula is C20H24N4O3S2. The highest BCUT2D eigenvalue weighted by molar-refractivity contribution is 7.93. The molecule has 1 fully saturated rings. The number of carbonyl (C=O) groups excluding carboxylic acids is 1. The van der Waals surface area contributed by atoms with Gasteiger partial charge in [0.15, 0.2) is 0 Å². The quantitative estimate of drug-likeness (QED) is 0.664. The second-order valence-electron chi connectivity index (χ2n) is 7.73. The average Bonchev–Trinajstić information content (AvgIpc) is 3.31. The largest absolute Gasteiger partial charge is 0.321 e. The first-order chi connectivity index (χ1) is 13.7. The van der Waals surface area contributed by atoms with E-state index < -0.39 is 10.0 Å². The molecule has 1 aliphatic rings. The Morgan fingerprint density at radius 2 is 2.00 bits per heavy atom. The van der Waals surface area contributed by atoms with Crippen molar-refractivity contribution in [2.75, 3.05) is 21.9 Å². The molecule has 1 aliphatic heterocycles. The number of anilines is 2. The van der Waals surface area contributed by atoms with Gasteiger partial charge in [0, 0.05) is 24.2 Å². The van der Waals surface area contributed by atoms with Crippen LogP contribution in [0.4, 0.5) is 11.4 Å². The molecular weight excluding hydrogens is 408 g/mol. The maximum Gasteiger partial charge on any atom is 0.265 e. The fourth-order valence-corrected chi connectivity index (χ4v) is 6.16. The first-order valence-corrected chi connectivity index (χ1v) is 12.1. The highest BCUT2D eigenvalue weighted by atomic mass is 32.2. The van der Waals surface area contributed by atoms with E-state index in [2.05, 4.69) is 24.3 Å². The van der Waals surface area contributed by atoms with Crippen molar-refractivity contribution in [3.8, 4) is 0 Å². The Bertz CT molecular complexity index is 1160. The SMILES string of the molecule is Cc1nn(CC(C)C)c2sc(C(=O)Nc3ccc(N4CCCS4(=O)=O)cc3)cc12. The number of hydrogen-bond acceptors (Lipinski definition) is 5. The molecule has 4 rings (SSSR count). The summed E-state index contributed by atoms with van der Waals surface area (Å²) < 4.78 is 27.5. The Kier molecular flexibility index (Phi) is 5.12. The van der Waals surface area contributed by atoms with Gasteiger partial charge in [-0.2, -0.15) is 5.10 Å². The van der Waals surface area contributed by atoms with Crippen LogP contribution in [-0.4, -0.2) is 36.4 Å². The minimum atomic E-state index is -3.21. The molecule has 0 bridgehead atoms. The van der Waals surface area contributed by atoms with E-state index in [1.54, 1.807) is 24.3 Å². The Labute approximate surface area is 174 Å². The second-order valence-corrected chi connectivity index (χ2v) is 10.8. The van der Waals surface area contributed by atoms with Crippen LogP contribution in [0.2, 0.25) is 0 Å². The fourth-order valence-electron chi connectivity index (χ4n) is 3.53. The third kappa shape index (κ3) is 3.89. The number of aromatic nitrogens is 2. The minimum absolute atomic E-state index is 0.178. The van der Waals surface area contributed by atoms with Crippen molar-refractivity contribution in [3.63, 3.8) is 0 Å². The summed E-state index contributed by atoms with van der Waals surface area (Å²) >= 11 is 1.44. The van der Waals surface area contributed by atoms with E-state index in [0.717, 1.165) is 22.5 Å². The number of nitrogens with one attached hydrogen (secondary N) is 1.